The molecule has 0 radical (unpaired) electrons. The Morgan fingerprint density at radius 2 is 1.80 bits per heavy atom. The van der Waals surface area contributed by atoms with Crippen molar-refractivity contribution >= 4 is 17.6 Å². The predicted molar refractivity (Wildman–Crippen MR) is 77.0 cm³/mol. The Morgan fingerprint density at radius 1 is 0.950 bits per heavy atom. The van der Waals surface area contributed by atoms with Crippen LogP contribution in [0.3, 0.4) is 0 Å². The van der Waals surface area contributed by atoms with Crippen LogP contribution >= 0.6 is 0 Å². The molecule has 4 rings (SSSR count). The van der Waals surface area contributed by atoms with Gasteiger partial charge in [0.05, 0.1) is 5.69 Å². The number of nitrogens with zero attached hydrogens (tertiary/aromatic N) is 1. The van der Waals surface area contributed by atoms with Gasteiger partial charge in [-0.1, -0.05) is 36.4 Å². The Kier molecular flexibility index (Phi) is 2.33. The number of aliphatic imine (C=N–C) groups is 1. The summed E-state index contributed by atoms with van der Waals surface area (Å²) < 4.78 is 5.01. The van der Waals surface area contributed by atoms with Gasteiger partial charge in [0.15, 0.2) is 0 Å². The van der Waals surface area contributed by atoms with Gasteiger partial charge in [0.2, 0.25) is 5.90 Å². The average Bonchev–Trinajstić information content (AvgIpc) is 3.02. The molecule has 0 amide bonds. The van der Waals surface area contributed by atoms with Crippen LogP contribution in [0.4, 0.5) is 5.69 Å². The molecule has 0 N–H and O–H groups in total. The van der Waals surface area contributed by atoms with Crippen molar-refractivity contribution in [2.24, 2.45) is 4.99 Å². The van der Waals surface area contributed by atoms with Gasteiger partial charge < -0.3 is 4.74 Å². The minimum atomic E-state index is -0.364. The summed E-state index contributed by atoms with van der Waals surface area (Å²) in [4.78, 5) is 15.6. The van der Waals surface area contributed by atoms with E-state index >= 15 is 0 Å². The number of hydrogen-bond acceptors (Lipinski definition) is 3. The van der Waals surface area contributed by atoms with Crippen molar-refractivity contribution in [3.8, 4) is 11.1 Å². The summed E-state index contributed by atoms with van der Waals surface area (Å²) in [5, 5.41) is 0. The Morgan fingerprint density at radius 3 is 2.65 bits per heavy atom. The molecule has 0 fully saturated rings. The van der Waals surface area contributed by atoms with E-state index in [1.165, 1.54) is 22.8 Å². The molecule has 0 bridgehead atoms. The first-order valence-electron chi connectivity index (χ1n) is 6.50. The molecule has 3 heteroatoms. The molecule has 1 aliphatic heterocycles. The number of esters is 1. The van der Waals surface area contributed by atoms with Gasteiger partial charge in [-0.2, -0.15) is 0 Å². The first kappa shape index (κ1) is 11.2. The summed E-state index contributed by atoms with van der Waals surface area (Å²) >= 11 is 0. The molecule has 1 heterocycles. The fourth-order valence-corrected chi connectivity index (χ4v) is 2.75. The van der Waals surface area contributed by atoms with Crippen molar-refractivity contribution < 1.29 is 9.53 Å². The van der Waals surface area contributed by atoms with E-state index in [0.717, 1.165) is 17.7 Å². The maximum absolute atomic E-state index is 11.1. The van der Waals surface area contributed by atoms with Crippen LogP contribution in [-0.4, -0.2) is 11.9 Å². The second kappa shape index (κ2) is 4.17. The summed E-state index contributed by atoms with van der Waals surface area (Å²) in [5.41, 5.74) is 5.79. The van der Waals surface area contributed by atoms with E-state index in [0.29, 0.717) is 5.90 Å². The number of cyclic esters (lactones) is 1. The molecule has 0 atom stereocenters. The van der Waals surface area contributed by atoms with Gasteiger partial charge in [0.1, 0.15) is 0 Å². The third-order valence-electron chi connectivity index (χ3n) is 3.59. The zero-order valence-corrected chi connectivity index (χ0v) is 10.7. The van der Waals surface area contributed by atoms with Crippen LogP contribution in [0.25, 0.3) is 11.1 Å². The van der Waals surface area contributed by atoms with E-state index in [4.69, 9.17) is 4.74 Å². The van der Waals surface area contributed by atoms with Crippen LogP contribution in [0.1, 0.15) is 11.1 Å². The van der Waals surface area contributed by atoms with Gasteiger partial charge in [0.25, 0.3) is 0 Å². The molecular weight excluding hydrogens is 250 g/mol. The summed E-state index contributed by atoms with van der Waals surface area (Å²) in [7, 11) is 0. The van der Waals surface area contributed by atoms with Gasteiger partial charge in [0, 0.05) is 17.7 Å². The summed E-state index contributed by atoms with van der Waals surface area (Å²) in [6, 6.07) is 14.4. The molecule has 2 aromatic rings. The highest BCUT2D eigenvalue weighted by Gasteiger charge is 2.21. The summed E-state index contributed by atoms with van der Waals surface area (Å²) in [5.74, 6) is -0.00972. The number of carbonyl (C=O) groups is 1. The SMILES string of the molecule is O=C1C=CC(=Nc2cccc3c2-c2ccccc2C3)O1. The number of rotatable bonds is 1. The number of benzene rings is 2. The summed E-state index contributed by atoms with van der Waals surface area (Å²) in [6.45, 7) is 0. The van der Waals surface area contributed by atoms with Gasteiger partial charge >= 0.3 is 5.97 Å². The molecule has 0 saturated heterocycles. The molecule has 2 aliphatic rings. The smallest absolute Gasteiger partial charge is 0.337 e. The lowest BCUT2D eigenvalue weighted by molar-refractivity contribution is -0.129. The van der Waals surface area contributed by atoms with Crippen LogP contribution in [0.2, 0.25) is 0 Å². The maximum atomic E-state index is 11.1. The van der Waals surface area contributed by atoms with Crippen molar-refractivity contribution in [1.29, 1.82) is 0 Å². The van der Waals surface area contributed by atoms with Crippen LogP contribution < -0.4 is 0 Å². The van der Waals surface area contributed by atoms with Crippen molar-refractivity contribution in [1.82, 2.24) is 0 Å². The minimum Gasteiger partial charge on any atom is -0.404 e. The van der Waals surface area contributed by atoms with Gasteiger partial charge in [-0.3, -0.25) is 0 Å². The van der Waals surface area contributed by atoms with E-state index in [2.05, 4.69) is 29.3 Å². The highest BCUT2D eigenvalue weighted by atomic mass is 16.5. The lowest BCUT2D eigenvalue weighted by atomic mass is 10.0. The minimum absolute atomic E-state index is 0.354. The molecule has 0 spiro atoms. The Bertz CT molecular complexity index is 787. The molecule has 20 heavy (non-hydrogen) atoms. The molecule has 0 aromatic heterocycles. The highest BCUT2D eigenvalue weighted by Crippen LogP contribution is 2.42. The number of fused-ring (bicyclic) bond motifs is 3. The van der Waals surface area contributed by atoms with Crippen LogP contribution in [0.15, 0.2) is 59.6 Å². The Hall–Kier alpha value is -2.68. The lowest BCUT2D eigenvalue weighted by Crippen LogP contribution is -1.98. The van der Waals surface area contributed by atoms with E-state index in [1.54, 1.807) is 6.08 Å². The predicted octanol–water partition coefficient (Wildman–Crippen LogP) is 3.40. The van der Waals surface area contributed by atoms with Crippen LogP contribution in [0, 0.1) is 0 Å². The quantitative estimate of drug-likeness (QED) is 0.630. The Balaban J connectivity index is 1.87. The van der Waals surface area contributed by atoms with Crippen LogP contribution in [0.5, 0.6) is 0 Å². The van der Waals surface area contributed by atoms with Crippen molar-refractivity contribution in [3.63, 3.8) is 0 Å². The van der Waals surface area contributed by atoms with Gasteiger partial charge in [-0.05, 0) is 29.2 Å². The highest BCUT2D eigenvalue weighted by molar-refractivity contribution is 6.09. The van der Waals surface area contributed by atoms with Crippen molar-refractivity contribution in [3.05, 3.63) is 65.7 Å². The maximum Gasteiger partial charge on any atom is 0.337 e. The summed E-state index contributed by atoms with van der Waals surface area (Å²) in [6.07, 6.45) is 3.92. The topological polar surface area (TPSA) is 38.7 Å². The van der Waals surface area contributed by atoms with E-state index < -0.39 is 0 Å². The second-order valence-electron chi connectivity index (χ2n) is 4.85. The largest absolute Gasteiger partial charge is 0.404 e. The van der Waals surface area contributed by atoms with E-state index in [-0.39, 0.29) is 5.97 Å². The van der Waals surface area contributed by atoms with E-state index in [1.807, 2.05) is 18.2 Å². The fourth-order valence-electron chi connectivity index (χ4n) is 2.75. The standard InChI is InChI=1S/C17H11NO2/c19-16-9-8-15(20-16)18-14-7-3-5-12-10-11-4-1-2-6-13(11)17(12)14/h1-9H,10H2. The zero-order chi connectivity index (χ0) is 13.5. The number of ether oxygens (including phenoxy) is 1. The monoisotopic (exact) mass is 261 g/mol. The second-order valence-corrected chi connectivity index (χ2v) is 4.85. The normalized spacial score (nSPS) is 17.2. The molecule has 2 aromatic carbocycles. The van der Waals surface area contributed by atoms with E-state index in [9.17, 15) is 4.79 Å². The van der Waals surface area contributed by atoms with Crippen molar-refractivity contribution in [2.75, 3.05) is 0 Å². The number of hydrogen-bond donors (Lipinski definition) is 0. The first-order valence-corrected chi connectivity index (χ1v) is 6.50. The van der Waals surface area contributed by atoms with Gasteiger partial charge in [-0.25, -0.2) is 9.79 Å². The van der Waals surface area contributed by atoms with Crippen molar-refractivity contribution in [2.45, 2.75) is 6.42 Å². The third-order valence-corrected chi connectivity index (χ3v) is 3.59. The molecule has 0 saturated carbocycles. The molecule has 1 aliphatic carbocycles. The molecule has 0 unspecified atom stereocenters. The molecular formula is C17H11NO2. The third kappa shape index (κ3) is 1.67. The van der Waals surface area contributed by atoms with Gasteiger partial charge in [-0.15, -0.1) is 0 Å². The number of carbonyl (C=O) groups excluding carboxylic acids is 1. The zero-order valence-electron chi connectivity index (χ0n) is 10.7. The van der Waals surface area contributed by atoms with Crippen LogP contribution in [-0.2, 0) is 16.0 Å². The lowest BCUT2D eigenvalue weighted by Gasteiger charge is -2.05. The molecule has 3 nitrogen and oxygen atoms in total. The Labute approximate surface area is 116 Å². The first-order chi connectivity index (χ1) is 9.81. The average molecular weight is 261 g/mol. The molecule has 96 valence electrons. The fraction of sp³-hybridized carbons (Fsp3) is 0.0588.